The number of halogens is 1. The van der Waals surface area contributed by atoms with E-state index in [1.807, 2.05) is 18.2 Å². The number of carboxylic acids is 1. The lowest BCUT2D eigenvalue weighted by Crippen LogP contribution is -2.11. The van der Waals surface area contributed by atoms with E-state index in [4.69, 9.17) is 0 Å². The second kappa shape index (κ2) is 5.66. The molecule has 0 aromatic heterocycles. The minimum Gasteiger partial charge on any atom is -0.481 e. The fourth-order valence-corrected chi connectivity index (χ4v) is 4.22. The second-order valence-electron chi connectivity index (χ2n) is 4.77. The van der Waals surface area contributed by atoms with Crippen molar-refractivity contribution in [3.63, 3.8) is 0 Å². The van der Waals surface area contributed by atoms with Gasteiger partial charge in [-0.3, -0.25) is 9.59 Å². The normalized spacial score (nSPS) is 16.5. The zero-order valence-electron chi connectivity index (χ0n) is 10.9. The van der Waals surface area contributed by atoms with Crippen LogP contribution in [0.15, 0.2) is 51.8 Å². The number of fused-ring (bicyclic) bond motifs is 1. The van der Waals surface area contributed by atoms with Crippen LogP contribution < -0.4 is 0 Å². The molecule has 1 N–H and O–H groups in total. The Morgan fingerprint density at radius 3 is 2.57 bits per heavy atom. The highest BCUT2D eigenvalue weighted by Crippen LogP contribution is 2.44. The Morgan fingerprint density at radius 1 is 1.19 bits per heavy atom. The predicted molar refractivity (Wildman–Crippen MR) is 85.1 cm³/mol. The molecule has 0 fully saturated rings. The molecule has 1 aliphatic heterocycles. The van der Waals surface area contributed by atoms with Crippen molar-refractivity contribution in [3.05, 3.63) is 63.6 Å². The molecule has 5 heteroatoms. The van der Waals surface area contributed by atoms with Gasteiger partial charge in [0.25, 0.3) is 0 Å². The molecule has 0 radical (unpaired) electrons. The molecule has 0 unspecified atom stereocenters. The van der Waals surface area contributed by atoms with Gasteiger partial charge in [0.15, 0.2) is 5.78 Å². The largest absolute Gasteiger partial charge is 0.481 e. The predicted octanol–water partition coefficient (Wildman–Crippen LogP) is 3.95. The Balaban J connectivity index is 2.11. The van der Waals surface area contributed by atoms with Crippen LogP contribution in [0.4, 0.5) is 0 Å². The SMILES string of the molecule is O=C(c1ccccc1)c1cc(Br)cc2c1SC[C@H]2C(=O)O. The first-order valence-electron chi connectivity index (χ1n) is 6.36. The summed E-state index contributed by atoms with van der Waals surface area (Å²) in [6, 6.07) is 12.6. The molecular weight excluding hydrogens is 352 g/mol. The highest BCUT2D eigenvalue weighted by Gasteiger charge is 2.32. The van der Waals surface area contributed by atoms with Crippen molar-refractivity contribution in [2.75, 3.05) is 5.75 Å². The molecule has 0 saturated carbocycles. The van der Waals surface area contributed by atoms with E-state index >= 15 is 0 Å². The summed E-state index contributed by atoms with van der Waals surface area (Å²) in [5, 5.41) is 9.28. The summed E-state index contributed by atoms with van der Waals surface area (Å²) in [5.74, 6) is -1.01. The first kappa shape index (κ1) is 14.4. The number of carboxylic acid groups (broad SMARTS) is 1. The smallest absolute Gasteiger partial charge is 0.311 e. The third-order valence-corrected chi connectivity index (χ3v) is 5.13. The van der Waals surface area contributed by atoms with Gasteiger partial charge in [-0.2, -0.15) is 0 Å². The van der Waals surface area contributed by atoms with Crippen LogP contribution in [-0.2, 0) is 4.79 Å². The van der Waals surface area contributed by atoms with Crippen molar-refractivity contribution >= 4 is 39.4 Å². The van der Waals surface area contributed by atoms with E-state index < -0.39 is 11.9 Å². The van der Waals surface area contributed by atoms with E-state index in [0.29, 0.717) is 16.9 Å². The zero-order valence-corrected chi connectivity index (χ0v) is 13.3. The molecule has 0 bridgehead atoms. The van der Waals surface area contributed by atoms with Gasteiger partial charge in [-0.25, -0.2) is 0 Å². The average molecular weight is 363 g/mol. The molecule has 0 amide bonds. The van der Waals surface area contributed by atoms with E-state index in [1.165, 1.54) is 11.8 Å². The highest BCUT2D eigenvalue weighted by molar-refractivity contribution is 9.10. The van der Waals surface area contributed by atoms with Gasteiger partial charge in [0.05, 0.1) is 5.92 Å². The first-order chi connectivity index (χ1) is 10.1. The van der Waals surface area contributed by atoms with Crippen LogP contribution >= 0.6 is 27.7 Å². The van der Waals surface area contributed by atoms with E-state index in [0.717, 1.165) is 14.9 Å². The first-order valence-corrected chi connectivity index (χ1v) is 8.14. The van der Waals surface area contributed by atoms with Crippen LogP contribution in [0.2, 0.25) is 0 Å². The number of ketones is 1. The van der Waals surface area contributed by atoms with Gasteiger partial charge in [-0.15, -0.1) is 11.8 Å². The van der Waals surface area contributed by atoms with Crippen molar-refractivity contribution < 1.29 is 14.7 Å². The number of carbonyl (C=O) groups excluding carboxylic acids is 1. The molecule has 106 valence electrons. The van der Waals surface area contributed by atoms with Crippen molar-refractivity contribution in [3.8, 4) is 0 Å². The van der Waals surface area contributed by atoms with Crippen LogP contribution in [0.25, 0.3) is 0 Å². The fourth-order valence-electron chi connectivity index (χ4n) is 2.41. The molecule has 1 heterocycles. The lowest BCUT2D eigenvalue weighted by molar-refractivity contribution is -0.138. The standard InChI is InChI=1S/C16H11BrO3S/c17-10-6-11-13(16(19)20)8-21-15(11)12(7-10)14(18)9-4-2-1-3-5-9/h1-7,13H,8H2,(H,19,20)/t13-/m1/s1. The second-order valence-corrected chi connectivity index (χ2v) is 6.71. The number of thioether (sulfide) groups is 1. The Labute approximate surface area is 134 Å². The lowest BCUT2D eigenvalue weighted by Gasteiger charge is -2.10. The maximum Gasteiger partial charge on any atom is 0.311 e. The van der Waals surface area contributed by atoms with Gasteiger partial charge in [0, 0.05) is 26.2 Å². The molecule has 1 aliphatic rings. The summed E-state index contributed by atoms with van der Waals surface area (Å²) in [7, 11) is 0. The van der Waals surface area contributed by atoms with Crippen LogP contribution in [0.3, 0.4) is 0 Å². The fraction of sp³-hybridized carbons (Fsp3) is 0.125. The van der Waals surface area contributed by atoms with E-state index in [2.05, 4.69) is 15.9 Å². The molecule has 0 saturated heterocycles. The Bertz CT molecular complexity index is 728. The van der Waals surface area contributed by atoms with Gasteiger partial charge in [-0.05, 0) is 17.7 Å². The molecule has 0 aliphatic carbocycles. The van der Waals surface area contributed by atoms with Gasteiger partial charge >= 0.3 is 5.97 Å². The molecule has 3 rings (SSSR count). The van der Waals surface area contributed by atoms with Crippen LogP contribution in [0, 0.1) is 0 Å². The summed E-state index contributed by atoms with van der Waals surface area (Å²) >= 11 is 4.82. The number of hydrogen-bond acceptors (Lipinski definition) is 3. The monoisotopic (exact) mass is 362 g/mol. The number of carbonyl (C=O) groups is 2. The van der Waals surface area contributed by atoms with Crippen molar-refractivity contribution in [2.45, 2.75) is 10.8 Å². The van der Waals surface area contributed by atoms with E-state index in [1.54, 1.807) is 24.3 Å². The molecule has 2 aromatic carbocycles. The van der Waals surface area contributed by atoms with Crippen molar-refractivity contribution in [1.82, 2.24) is 0 Å². The molecular formula is C16H11BrO3S. The third-order valence-electron chi connectivity index (χ3n) is 3.43. The summed E-state index contributed by atoms with van der Waals surface area (Å²) in [6.45, 7) is 0. The number of hydrogen-bond donors (Lipinski definition) is 1. The Hall–Kier alpha value is -1.59. The number of rotatable bonds is 3. The number of benzene rings is 2. The summed E-state index contributed by atoms with van der Waals surface area (Å²) in [6.07, 6.45) is 0. The molecule has 21 heavy (non-hydrogen) atoms. The van der Waals surface area contributed by atoms with Crippen LogP contribution in [0.1, 0.15) is 27.4 Å². The highest BCUT2D eigenvalue weighted by atomic mass is 79.9. The van der Waals surface area contributed by atoms with E-state index in [-0.39, 0.29) is 5.78 Å². The zero-order chi connectivity index (χ0) is 15.0. The summed E-state index contributed by atoms with van der Waals surface area (Å²) in [4.78, 5) is 24.8. The Kier molecular flexibility index (Phi) is 3.87. The molecule has 0 spiro atoms. The minimum absolute atomic E-state index is 0.0771. The van der Waals surface area contributed by atoms with Crippen molar-refractivity contribution in [2.24, 2.45) is 0 Å². The van der Waals surface area contributed by atoms with Gasteiger partial charge in [-0.1, -0.05) is 46.3 Å². The maximum atomic E-state index is 12.7. The van der Waals surface area contributed by atoms with Crippen LogP contribution in [-0.4, -0.2) is 22.6 Å². The molecule has 2 aromatic rings. The lowest BCUT2D eigenvalue weighted by atomic mass is 9.96. The van der Waals surface area contributed by atoms with Crippen LogP contribution in [0.5, 0.6) is 0 Å². The summed E-state index contributed by atoms with van der Waals surface area (Å²) < 4.78 is 0.731. The topological polar surface area (TPSA) is 54.4 Å². The minimum atomic E-state index is -0.850. The average Bonchev–Trinajstić information content (AvgIpc) is 2.90. The van der Waals surface area contributed by atoms with Crippen molar-refractivity contribution in [1.29, 1.82) is 0 Å². The maximum absolute atomic E-state index is 12.7. The van der Waals surface area contributed by atoms with Gasteiger partial charge < -0.3 is 5.11 Å². The third kappa shape index (κ3) is 2.63. The molecule has 1 atom stereocenters. The Morgan fingerprint density at radius 2 is 1.90 bits per heavy atom. The van der Waals surface area contributed by atoms with E-state index in [9.17, 15) is 14.7 Å². The van der Waals surface area contributed by atoms with Gasteiger partial charge in [0.1, 0.15) is 0 Å². The number of aliphatic carboxylic acids is 1. The summed E-state index contributed by atoms with van der Waals surface area (Å²) in [5.41, 5.74) is 1.90. The quantitative estimate of drug-likeness (QED) is 0.839. The van der Waals surface area contributed by atoms with Gasteiger partial charge in [0.2, 0.25) is 0 Å². The molecule has 3 nitrogen and oxygen atoms in total.